The summed E-state index contributed by atoms with van der Waals surface area (Å²) in [7, 11) is -2.15. The third kappa shape index (κ3) is 3.49. The fraction of sp³-hybridized carbons (Fsp3) is 0.538. The van der Waals surface area contributed by atoms with Gasteiger partial charge in [-0.1, -0.05) is 6.07 Å². The van der Waals surface area contributed by atoms with Crippen molar-refractivity contribution in [1.29, 1.82) is 0 Å². The lowest BCUT2D eigenvalue weighted by Gasteiger charge is -2.23. The first-order valence-electron chi connectivity index (χ1n) is 6.54. The zero-order valence-electron chi connectivity index (χ0n) is 11.5. The van der Waals surface area contributed by atoms with Crippen LogP contribution in [0.5, 0.6) is 5.75 Å². The average molecular weight is 300 g/mol. The Labute approximate surface area is 119 Å². The summed E-state index contributed by atoms with van der Waals surface area (Å²) >= 11 is 0. The molecule has 0 amide bonds. The third-order valence-corrected chi connectivity index (χ3v) is 4.86. The number of nitrogens with two attached hydrogens (primary N) is 1. The van der Waals surface area contributed by atoms with Gasteiger partial charge in [0.1, 0.15) is 10.6 Å². The molecular weight excluding hydrogens is 280 g/mol. The van der Waals surface area contributed by atoms with Crippen LogP contribution in [0.15, 0.2) is 23.1 Å². The highest BCUT2D eigenvalue weighted by Gasteiger charge is 2.25. The molecule has 1 aromatic carbocycles. The number of benzene rings is 1. The van der Waals surface area contributed by atoms with E-state index < -0.39 is 10.0 Å². The molecule has 0 aliphatic carbocycles. The van der Waals surface area contributed by atoms with Crippen LogP contribution in [-0.2, 0) is 21.3 Å². The van der Waals surface area contributed by atoms with Crippen molar-refractivity contribution in [3.05, 3.63) is 23.8 Å². The molecule has 2 rings (SSSR count). The number of nitrogens with one attached hydrogen (secondary N) is 1. The summed E-state index contributed by atoms with van der Waals surface area (Å²) in [4.78, 5) is 0.142. The zero-order chi connectivity index (χ0) is 14.6. The van der Waals surface area contributed by atoms with E-state index in [9.17, 15) is 8.42 Å². The van der Waals surface area contributed by atoms with Crippen molar-refractivity contribution in [3.8, 4) is 5.75 Å². The van der Waals surface area contributed by atoms with Crippen LogP contribution in [-0.4, -0.2) is 34.8 Å². The lowest BCUT2D eigenvalue weighted by molar-refractivity contribution is 0.0832. The van der Waals surface area contributed by atoms with Crippen molar-refractivity contribution >= 4 is 10.0 Å². The van der Waals surface area contributed by atoms with Crippen LogP contribution in [0.25, 0.3) is 0 Å². The largest absolute Gasteiger partial charge is 0.495 e. The summed E-state index contributed by atoms with van der Waals surface area (Å²) in [6, 6.07) is 4.79. The molecule has 0 spiro atoms. The first kappa shape index (κ1) is 15.2. The van der Waals surface area contributed by atoms with Crippen molar-refractivity contribution in [2.75, 3.05) is 20.3 Å². The van der Waals surface area contributed by atoms with Gasteiger partial charge in [0.2, 0.25) is 10.0 Å². The molecule has 1 aliphatic rings. The van der Waals surface area contributed by atoms with Crippen molar-refractivity contribution in [2.45, 2.75) is 30.3 Å². The van der Waals surface area contributed by atoms with Gasteiger partial charge in [0, 0.05) is 25.8 Å². The minimum atomic E-state index is -3.60. The number of ether oxygens (including phenoxy) is 2. The molecule has 0 bridgehead atoms. The summed E-state index contributed by atoms with van der Waals surface area (Å²) in [6.45, 7) is 1.50. The molecule has 6 nitrogen and oxygen atoms in total. The van der Waals surface area contributed by atoms with Gasteiger partial charge in [0.15, 0.2) is 0 Å². The van der Waals surface area contributed by atoms with E-state index in [0.717, 1.165) is 5.56 Å². The summed E-state index contributed by atoms with van der Waals surface area (Å²) in [5, 5.41) is 0. The second-order valence-electron chi connectivity index (χ2n) is 4.70. The first-order valence-corrected chi connectivity index (χ1v) is 8.02. The minimum Gasteiger partial charge on any atom is -0.495 e. The number of sulfonamides is 1. The van der Waals surface area contributed by atoms with Crippen LogP contribution in [0, 0.1) is 0 Å². The fourth-order valence-electron chi connectivity index (χ4n) is 2.16. The third-order valence-electron chi connectivity index (χ3n) is 3.30. The maximum atomic E-state index is 12.4. The van der Waals surface area contributed by atoms with E-state index in [1.54, 1.807) is 12.1 Å². The second kappa shape index (κ2) is 6.53. The monoisotopic (exact) mass is 300 g/mol. The molecule has 20 heavy (non-hydrogen) atoms. The van der Waals surface area contributed by atoms with E-state index in [1.807, 2.05) is 0 Å². The van der Waals surface area contributed by atoms with Crippen LogP contribution in [0.2, 0.25) is 0 Å². The molecule has 1 aromatic rings. The van der Waals surface area contributed by atoms with Gasteiger partial charge in [-0.05, 0) is 30.5 Å². The zero-order valence-corrected chi connectivity index (χ0v) is 12.3. The quantitative estimate of drug-likeness (QED) is 0.831. The normalized spacial score (nSPS) is 17.1. The van der Waals surface area contributed by atoms with Crippen molar-refractivity contribution in [3.63, 3.8) is 0 Å². The van der Waals surface area contributed by atoms with E-state index in [-0.39, 0.29) is 10.9 Å². The van der Waals surface area contributed by atoms with Gasteiger partial charge < -0.3 is 15.2 Å². The molecule has 0 saturated carbocycles. The Balaban J connectivity index is 2.24. The van der Waals surface area contributed by atoms with Crippen LogP contribution in [0.3, 0.4) is 0 Å². The van der Waals surface area contributed by atoms with Crippen molar-refractivity contribution in [2.24, 2.45) is 5.73 Å². The molecule has 1 saturated heterocycles. The van der Waals surface area contributed by atoms with Gasteiger partial charge in [0.05, 0.1) is 7.11 Å². The summed E-state index contributed by atoms with van der Waals surface area (Å²) < 4.78 is 37.9. The molecule has 0 unspecified atom stereocenters. The van der Waals surface area contributed by atoms with Crippen LogP contribution in [0.1, 0.15) is 18.4 Å². The summed E-state index contributed by atoms with van der Waals surface area (Å²) in [6.07, 6.45) is 1.37. The molecule has 3 N–H and O–H groups in total. The van der Waals surface area contributed by atoms with Crippen molar-refractivity contribution < 1.29 is 17.9 Å². The molecule has 1 aliphatic heterocycles. The minimum absolute atomic E-state index is 0.0901. The van der Waals surface area contributed by atoms with Gasteiger partial charge >= 0.3 is 0 Å². The highest BCUT2D eigenvalue weighted by atomic mass is 32.2. The Morgan fingerprint density at radius 3 is 2.70 bits per heavy atom. The first-order chi connectivity index (χ1) is 9.56. The number of hydrogen-bond donors (Lipinski definition) is 2. The maximum Gasteiger partial charge on any atom is 0.244 e. The Kier molecular flexibility index (Phi) is 4.98. The van der Waals surface area contributed by atoms with E-state index in [0.29, 0.717) is 38.3 Å². The SMILES string of the molecule is COc1cc(CN)ccc1S(=O)(=O)NC1CCOCC1. The highest BCUT2D eigenvalue weighted by molar-refractivity contribution is 7.89. The predicted octanol–water partition coefficient (Wildman–Crippen LogP) is 0.611. The van der Waals surface area contributed by atoms with E-state index >= 15 is 0 Å². The van der Waals surface area contributed by atoms with Gasteiger partial charge in [-0.2, -0.15) is 0 Å². The van der Waals surface area contributed by atoms with E-state index in [4.69, 9.17) is 15.2 Å². The van der Waals surface area contributed by atoms with Crippen LogP contribution < -0.4 is 15.2 Å². The standard InChI is InChI=1S/C13H20N2O4S/c1-18-12-8-10(9-14)2-3-13(12)20(16,17)15-11-4-6-19-7-5-11/h2-3,8,11,15H,4-7,9,14H2,1H3. The Morgan fingerprint density at radius 2 is 2.10 bits per heavy atom. The van der Waals surface area contributed by atoms with Gasteiger partial charge in [-0.25, -0.2) is 13.1 Å². The Morgan fingerprint density at radius 1 is 1.40 bits per heavy atom. The predicted molar refractivity (Wildman–Crippen MR) is 75.0 cm³/mol. The smallest absolute Gasteiger partial charge is 0.244 e. The Hall–Kier alpha value is -1.15. The molecule has 112 valence electrons. The lowest BCUT2D eigenvalue weighted by Crippen LogP contribution is -2.38. The molecule has 1 fully saturated rings. The molecular formula is C13H20N2O4S. The fourth-order valence-corrected chi connectivity index (χ4v) is 3.62. The van der Waals surface area contributed by atoms with E-state index in [2.05, 4.69) is 4.72 Å². The lowest BCUT2D eigenvalue weighted by atomic mass is 10.1. The molecule has 0 atom stereocenters. The number of methoxy groups -OCH3 is 1. The summed E-state index contributed by atoms with van der Waals surface area (Å²) in [5.74, 6) is 0.313. The molecule has 0 radical (unpaired) electrons. The topological polar surface area (TPSA) is 90.7 Å². The number of hydrogen-bond acceptors (Lipinski definition) is 5. The van der Waals surface area contributed by atoms with Crippen LogP contribution in [0.4, 0.5) is 0 Å². The van der Waals surface area contributed by atoms with Crippen LogP contribution >= 0.6 is 0 Å². The highest BCUT2D eigenvalue weighted by Crippen LogP contribution is 2.25. The molecule has 1 heterocycles. The van der Waals surface area contributed by atoms with Gasteiger partial charge in [-0.15, -0.1) is 0 Å². The Bertz CT molecular complexity index is 553. The molecule has 0 aromatic heterocycles. The van der Waals surface area contributed by atoms with Gasteiger partial charge in [0.25, 0.3) is 0 Å². The number of rotatable bonds is 5. The van der Waals surface area contributed by atoms with Gasteiger partial charge in [-0.3, -0.25) is 0 Å². The average Bonchev–Trinajstić information content (AvgIpc) is 2.47. The van der Waals surface area contributed by atoms with E-state index in [1.165, 1.54) is 13.2 Å². The summed E-state index contributed by atoms with van der Waals surface area (Å²) in [5.41, 5.74) is 6.37. The maximum absolute atomic E-state index is 12.4. The van der Waals surface area contributed by atoms with Crippen molar-refractivity contribution in [1.82, 2.24) is 4.72 Å². The second-order valence-corrected chi connectivity index (χ2v) is 6.38. The molecule has 7 heteroatoms.